The summed E-state index contributed by atoms with van der Waals surface area (Å²) in [4.78, 5) is 8.91. The number of nitrogens with zero attached hydrogens (tertiary/aromatic N) is 4. The molecule has 0 atom stereocenters. The topological polar surface area (TPSA) is 99.0 Å². The maximum Gasteiger partial charge on any atom is 0.237 e. The number of rotatable bonds is 7. The van der Waals surface area contributed by atoms with Crippen LogP contribution in [0.25, 0.3) is 22.8 Å². The van der Waals surface area contributed by atoms with Crippen molar-refractivity contribution in [1.29, 1.82) is 0 Å². The predicted octanol–water partition coefficient (Wildman–Crippen LogP) is 4.48. The Morgan fingerprint density at radius 1 is 1.03 bits per heavy atom. The highest BCUT2D eigenvalue weighted by molar-refractivity contribution is 7.98. The molecule has 0 aliphatic carbocycles. The number of hydrogen-bond acceptors (Lipinski definition) is 8. The second kappa shape index (κ2) is 8.54. The number of aromatic amines is 1. The molecule has 0 saturated heterocycles. The zero-order valence-corrected chi connectivity index (χ0v) is 17.1. The molecular formula is C19H16ClN5O3S. The van der Waals surface area contributed by atoms with Gasteiger partial charge in [0, 0.05) is 5.02 Å². The van der Waals surface area contributed by atoms with Gasteiger partial charge in [0.25, 0.3) is 0 Å². The van der Waals surface area contributed by atoms with Crippen LogP contribution in [0.1, 0.15) is 5.89 Å². The Morgan fingerprint density at radius 2 is 1.83 bits per heavy atom. The summed E-state index contributed by atoms with van der Waals surface area (Å²) >= 11 is 7.46. The van der Waals surface area contributed by atoms with Crippen molar-refractivity contribution in [1.82, 2.24) is 25.3 Å². The van der Waals surface area contributed by atoms with Crippen LogP contribution in [0, 0.1) is 0 Å². The van der Waals surface area contributed by atoms with Crippen molar-refractivity contribution in [3.8, 4) is 34.3 Å². The molecular weight excluding hydrogens is 414 g/mol. The fraction of sp³-hybridized carbons (Fsp3) is 0.158. The van der Waals surface area contributed by atoms with Crippen LogP contribution in [0.4, 0.5) is 0 Å². The summed E-state index contributed by atoms with van der Waals surface area (Å²) in [6.45, 7) is 0. The lowest BCUT2D eigenvalue weighted by atomic mass is 10.2. The van der Waals surface area contributed by atoms with Crippen LogP contribution in [-0.2, 0) is 5.75 Å². The van der Waals surface area contributed by atoms with Gasteiger partial charge in [-0.2, -0.15) is 4.98 Å². The van der Waals surface area contributed by atoms with Crippen LogP contribution >= 0.6 is 23.4 Å². The van der Waals surface area contributed by atoms with Crippen LogP contribution in [0.5, 0.6) is 11.5 Å². The second-order valence-corrected chi connectivity index (χ2v) is 7.19. The molecule has 0 aliphatic rings. The molecule has 2 aromatic heterocycles. The molecule has 0 radical (unpaired) electrons. The molecule has 0 unspecified atom stereocenters. The van der Waals surface area contributed by atoms with E-state index in [-0.39, 0.29) is 0 Å². The average molecular weight is 430 g/mol. The third-order valence-electron chi connectivity index (χ3n) is 4.02. The van der Waals surface area contributed by atoms with Gasteiger partial charge in [-0.05, 0) is 30.3 Å². The first-order valence-corrected chi connectivity index (χ1v) is 9.89. The minimum Gasteiger partial charge on any atom is -0.496 e. The Bertz CT molecular complexity index is 1130. The molecule has 0 saturated carbocycles. The number of para-hydroxylation sites is 1. The van der Waals surface area contributed by atoms with E-state index >= 15 is 0 Å². The third-order valence-corrected chi connectivity index (χ3v) is 5.09. The van der Waals surface area contributed by atoms with Gasteiger partial charge in [0.2, 0.25) is 16.9 Å². The van der Waals surface area contributed by atoms with Crippen LogP contribution < -0.4 is 9.47 Å². The molecule has 10 heteroatoms. The minimum absolute atomic E-state index is 0.423. The monoisotopic (exact) mass is 429 g/mol. The lowest BCUT2D eigenvalue weighted by Gasteiger charge is -2.05. The zero-order valence-electron chi connectivity index (χ0n) is 15.5. The largest absolute Gasteiger partial charge is 0.496 e. The number of methoxy groups -OCH3 is 2. The number of nitrogens with one attached hydrogen (secondary N) is 1. The highest BCUT2D eigenvalue weighted by Crippen LogP contribution is 2.32. The molecule has 2 heterocycles. The first-order chi connectivity index (χ1) is 14.2. The molecule has 29 heavy (non-hydrogen) atoms. The molecule has 1 N–H and O–H groups in total. The van der Waals surface area contributed by atoms with Crippen LogP contribution in [0.15, 0.2) is 52.1 Å². The summed E-state index contributed by atoms with van der Waals surface area (Å²) in [6, 6.07) is 12.8. The molecule has 4 aromatic rings. The summed E-state index contributed by atoms with van der Waals surface area (Å²) in [6.07, 6.45) is 0. The van der Waals surface area contributed by atoms with Gasteiger partial charge in [0.05, 0.1) is 31.1 Å². The van der Waals surface area contributed by atoms with Crippen LogP contribution in [0.3, 0.4) is 0 Å². The van der Waals surface area contributed by atoms with E-state index in [1.54, 1.807) is 32.4 Å². The third kappa shape index (κ3) is 4.20. The summed E-state index contributed by atoms with van der Waals surface area (Å²) < 4.78 is 16.0. The second-order valence-electron chi connectivity index (χ2n) is 5.81. The highest BCUT2D eigenvalue weighted by atomic mass is 35.5. The van der Waals surface area contributed by atoms with E-state index in [9.17, 15) is 0 Å². The van der Waals surface area contributed by atoms with Gasteiger partial charge in [0.1, 0.15) is 11.5 Å². The van der Waals surface area contributed by atoms with Crippen molar-refractivity contribution in [3.05, 3.63) is 53.4 Å². The summed E-state index contributed by atoms with van der Waals surface area (Å²) in [5.74, 6) is 3.25. The molecule has 8 nitrogen and oxygen atoms in total. The quantitative estimate of drug-likeness (QED) is 0.429. The number of ether oxygens (including phenoxy) is 2. The summed E-state index contributed by atoms with van der Waals surface area (Å²) in [5.41, 5.74) is 1.50. The number of benzene rings is 2. The molecule has 148 valence electrons. The molecule has 0 bridgehead atoms. The Hall–Kier alpha value is -3.04. The van der Waals surface area contributed by atoms with Crippen molar-refractivity contribution < 1.29 is 14.0 Å². The number of aromatic nitrogens is 5. The van der Waals surface area contributed by atoms with Crippen LogP contribution in [-0.4, -0.2) is 39.5 Å². The van der Waals surface area contributed by atoms with E-state index in [1.807, 2.05) is 24.3 Å². The average Bonchev–Trinajstić information content (AvgIpc) is 3.42. The minimum atomic E-state index is 0.423. The number of hydrogen-bond donors (Lipinski definition) is 1. The molecule has 0 spiro atoms. The van der Waals surface area contributed by atoms with Crippen LogP contribution in [0.2, 0.25) is 5.02 Å². The first-order valence-electron chi connectivity index (χ1n) is 8.53. The van der Waals surface area contributed by atoms with Crippen molar-refractivity contribution in [2.75, 3.05) is 14.2 Å². The van der Waals surface area contributed by atoms with Crippen molar-refractivity contribution in [2.45, 2.75) is 10.9 Å². The van der Waals surface area contributed by atoms with Gasteiger partial charge in [-0.25, -0.2) is 4.98 Å². The van der Waals surface area contributed by atoms with E-state index in [4.69, 9.17) is 25.6 Å². The zero-order chi connectivity index (χ0) is 20.2. The van der Waals surface area contributed by atoms with Gasteiger partial charge in [-0.3, -0.25) is 5.10 Å². The fourth-order valence-electron chi connectivity index (χ4n) is 2.68. The maximum absolute atomic E-state index is 6.09. The molecule has 4 rings (SSSR count). The summed E-state index contributed by atoms with van der Waals surface area (Å²) in [7, 11) is 3.19. The predicted molar refractivity (Wildman–Crippen MR) is 109 cm³/mol. The van der Waals surface area contributed by atoms with Gasteiger partial charge < -0.3 is 14.0 Å². The lowest BCUT2D eigenvalue weighted by Crippen LogP contribution is -1.89. The maximum atomic E-state index is 6.09. The van der Waals surface area contributed by atoms with E-state index in [2.05, 4.69) is 25.3 Å². The molecule has 0 fully saturated rings. The number of halogens is 1. The Labute approximate surface area is 175 Å². The molecule has 0 amide bonds. The van der Waals surface area contributed by atoms with Gasteiger partial charge >= 0.3 is 0 Å². The number of H-pyrrole nitrogens is 1. The Morgan fingerprint density at radius 3 is 2.66 bits per heavy atom. The Kier molecular flexibility index (Phi) is 5.68. The van der Waals surface area contributed by atoms with E-state index in [0.29, 0.717) is 45.0 Å². The van der Waals surface area contributed by atoms with E-state index < -0.39 is 0 Å². The van der Waals surface area contributed by atoms with Crippen molar-refractivity contribution in [2.24, 2.45) is 0 Å². The van der Waals surface area contributed by atoms with Gasteiger partial charge in [0.15, 0.2) is 5.82 Å². The van der Waals surface area contributed by atoms with E-state index in [1.165, 1.54) is 11.8 Å². The first kappa shape index (κ1) is 19.3. The number of thioether (sulfide) groups is 1. The van der Waals surface area contributed by atoms with Gasteiger partial charge in [-0.15, -0.1) is 5.10 Å². The summed E-state index contributed by atoms with van der Waals surface area (Å²) in [5, 5.41) is 12.3. The SMILES string of the molecule is COc1ccccc1-c1noc(CSc2n[nH]c(-c3cc(Cl)ccc3OC)n2)n1. The standard InChI is InChI=1S/C19H16ClN5O3S/c1-26-14-6-4-3-5-12(14)18-21-16(28-25-18)10-29-19-22-17(23-24-19)13-9-11(20)7-8-15(13)27-2/h3-9H,10H2,1-2H3,(H,22,23,24). The Balaban J connectivity index is 1.47. The highest BCUT2D eigenvalue weighted by Gasteiger charge is 2.15. The molecule has 0 aliphatic heterocycles. The van der Waals surface area contributed by atoms with E-state index in [0.717, 1.165) is 11.1 Å². The lowest BCUT2D eigenvalue weighted by molar-refractivity contribution is 0.390. The fourth-order valence-corrected chi connectivity index (χ4v) is 3.48. The van der Waals surface area contributed by atoms with Crippen molar-refractivity contribution in [3.63, 3.8) is 0 Å². The van der Waals surface area contributed by atoms with Gasteiger partial charge in [-0.1, -0.05) is 40.7 Å². The normalized spacial score (nSPS) is 10.9. The molecule has 2 aromatic carbocycles. The van der Waals surface area contributed by atoms with Crippen molar-refractivity contribution >= 4 is 23.4 Å². The smallest absolute Gasteiger partial charge is 0.237 e.